The van der Waals surface area contributed by atoms with Crippen molar-refractivity contribution in [2.75, 3.05) is 18.5 Å². The summed E-state index contributed by atoms with van der Waals surface area (Å²) >= 11 is 0. The lowest BCUT2D eigenvalue weighted by Crippen LogP contribution is -2.23. The molecule has 2 amide bonds. The van der Waals surface area contributed by atoms with Crippen LogP contribution in [-0.2, 0) is 22.5 Å². The molecule has 0 aliphatic rings. The van der Waals surface area contributed by atoms with Crippen molar-refractivity contribution < 1.29 is 28.6 Å². The Morgan fingerprint density at radius 2 is 1.56 bits per heavy atom. The van der Waals surface area contributed by atoms with Crippen molar-refractivity contribution in [1.82, 2.24) is 5.32 Å². The third-order valence-corrected chi connectivity index (χ3v) is 5.08. The molecule has 0 radical (unpaired) electrons. The van der Waals surface area contributed by atoms with Crippen LogP contribution in [0.3, 0.4) is 0 Å². The number of rotatable bonds is 11. The van der Waals surface area contributed by atoms with E-state index < -0.39 is 6.16 Å². The fourth-order valence-corrected chi connectivity index (χ4v) is 3.35. The van der Waals surface area contributed by atoms with Crippen molar-refractivity contribution in [3.63, 3.8) is 0 Å². The summed E-state index contributed by atoms with van der Waals surface area (Å²) in [6.07, 6.45) is 1.29. The first-order chi connectivity index (χ1) is 17.5. The average molecular weight is 491 g/mol. The van der Waals surface area contributed by atoms with Gasteiger partial charge >= 0.3 is 6.16 Å². The highest BCUT2D eigenvalue weighted by atomic mass is 16.7. The topological polar surface area (TPSA) is 103 Å². The fraction of sp³-hybridized carbons (Fsp3) is 0.250. The van der Waals surface area contributed by atoms with Crippen LogP contribution in [0.4, 0.5) is 10.5 Å². The van der Waals surface area contributed by atoms with E-state index in [4.69, 9.17) is 14.2 Å². The van der Waals surface area contributed by atoms with Gasteiger partial charge in [0.2, 0.25) is 0 Å². The molecule has 0 aliphatic heterocycles. The van der Waals surface area contributed by atoms with Crippen LogP contribution < -0.4 is 20.1 Å². The molecule has 188 valence electrons. The Hall–Kier alpha value is -4.33. The molecule has 0 heterocycles. The van der Waals surface area contributed by atoms with Gasteiger partial charge in [0.1, 0.15) is 11.5 Å². The van der Waals surface area contributed by atoms with Crippen LogP contribution in [0.25, 0.3) is 0 Å². The number of carbonyl (C=O) groups excluding carboxylic acids is 3. The highest BCUT2D eigenvalue weighted by Gasteiger charge is 2.09. The molecule has 2 N–H and O–H groups in total. The van der Waals surface area contributed by atoms with E-state index in [0.717, 1.165) is 18.4 Å². The number of hydrogen-bond acceptors (Lipinski definition) is 6. The third-order valence-electron chi connectivity index (χ3n) is 5.08. The lowest BCUT2D eigenvalue weighted by Gasteiger charge is -2.10. The molecule has 0 aromatic heterocycles. The maximum Gasteiger partial charge on any atom is 0.513 e. The number of hydrogen-bond donors (Lipinski definition) is 2. The van der Waals surface area contributed by atoms with Gasteiger partial charge in [-0.2, -0.15) is 0 Å². The molecule has 0 saturated heterocycles. The highest BCUT2D eigenvalue weighted by molar-refractivity contribution is 5.94. The highest BCUT2D eigenvalue weighted by Crippen LogP contribution is 2.15. The van der Waals surface area contributed by atoms with Crippen LogP contribution in [0.5, 0.6) is 11.5 Å². The molecule has 0 bridgehead atoms. The van der Waals surface area contributed by atoms with E-state index in [2.05, 4.69) is 17.6 Å². The minimum absolute atomic E-state index is 0.107. The summed E-state index contributed by atoms with van der Waals surface area (Å²) in [5.74, 6) is 0.359. The van der Waals surface area contributed by atoms with Crippen LogP contribution in [0, 0.1) is 0 Å². The second-order valence-corrected chi connectivity index (χ2v) is 7.92. The molecule has 0 fully saturated rings. The van der Waals surface area contributed by atoms with Gasteiger partial charge in [0.05, 0.1) is 6.61 Å². The predicted octanol–water partition coefficient (Wildman–Crippen LogP) is 5.12. The van der Waals surface area contributed by atoms with Crippen LogP contribution in [0.15, 0.2) is 72.8 Å². The van der Waals surface area contributed by atoms with Gasteiger partial charge in [-0.1, -0.05) is 37.6 Å². The normalized spacial score (nSPS) is 10.3. The first-order valence-corrected chi connectivity index (χ1v) is 11.8. The van der Waals surface area contributed by atoms with Crippen LogP contribution in [-0.4, -0.2) is 31.2 Å². The number of carbonyl (C=O) groups is 3. The largest absolute Gasteiger partial charge is 0.513 e. The molecular formula is C28H30N2O6. The lowest BCUT2D eigenvalue weighted by atomic mass is 10.1. The Morgan fingerprint density at radius 3 is 2.25 bits per heavy atom. The van der Waals surface area contributed by atoms with E-state index in [-0.39, 0.29) is 37.3 Å². The van der Waals surface area contributed by atoms with Crippen molar-refractivity contribution in [2.45, 2.75) is 33.2 Å². The van der Waals surface area contributed by atoms with Crippen LogP contribution in [0.1, 0.15) is 41.8 Å². The van der Waals surface area contributed by atoms with Gasteiger partial charge in [0, 0.05) is 17.8 Å². The van der Waals surface area contributed by atoms with E-state index in [9.17, 15) is 14.4 Å². The lowest BCUT2D eigenvalue weighted by molar-refractivity contribution is -0.118. The number of ether oxygens (including phenoxy) is 3. The summed E-state index contributed by atoms with van der Waals surface area (Å²) in [4.78, 5) is 36.1. The van der Waals surface area contributed by atoms with E-state index in [1.165, 1.54) is 17.7 Å². The molecule has 0 saturated carbocycles. The Kier molecular flexibility index (Phi) is 9.88. The molecule has 8 heteroatoms. The first-order valence-electron chi connectivity index (χ1n) is 11.8. The van der Waals surface area contributed by atoms with Gasteiger partial charge in [-0.3, -0.25) is 9.59 Å². The SMILES string of the molecule is CCCc1ccc(OCC(=O)Nc2cccc(CNC(=O)c3ccc(OC(=O)OCC)cc3)c2)cc1. The van der Waals surface area contributed by atoms with Crippen molar-refractivity contribution >= 4 is 23.7 Å². The van der Waals surface area contributed by atoms with Crippen molar-refractivity contribution in [3.05, 3.63) is 89.5 Å². The Morgan fingerprint density at radius 1 is 0.833 bits per heavy atom. The molecule has 36 heavy (non-hydrogen) atoms. The summed E-state index contributed by atoms with van der Waals surface area (Å²) < 4.78 is 15.3. The maximum absolute atomic E-state index is 12.5. The van der Waals surface area contributed by atoms with E-state index >= 15 is 0 Å². The minimum atomic E-state index is -0.797. The maximum atomic E-state index is 12.5. The fourth-order valence-electron chi connectivity index (χ4n) is 3.35. The molecular weight excluding hydrogens is 460 g/mol. The molecule has 3 aromatic carbocycles. The average Bonchev–Trinajstić information content (AvgIpc) is 2.88. The quantitative estimate of drug-likeness (QED) is 0.286. The van der Waals surface area contributed by atoms with E-state index in [1.54, 1.807) is 37.3 Å². The molecule has 0 spiro atoms. The third kappa shape index (κ3) is 8.47. The van der Waals surface area contributed by atoms with Crippen molar-refractivity contribution in [2.24, 2.45) is 0 Å². The van der Waals surface area contributed by atoms with Gasteiger partial charge in [0.15, 0.2) is 6.61 Å². The van der Waals surface area contributed by atoms with E-state index in [0.29, 0.717) is 17.0 Å². The van der Waals surface area contributed by atoms with Crippen LogP contribution >= 0.6 is 0 Å². The Bertz CT molecular complexity index is 1160. The molecule has 3 aromatic rings. The van der Waals surface area contributed by atoms with Gasteiger partial charge in [-0.25, -0.2) is 4.79 Å². The first kappa shape index (κ1) is 26.3. The molecule has 3 rings (SSSR count). The summed E-state index contributed by atoms with van der Waals surface area (Å²) in [5.41, 5.74) is 3.07. The molecule has 8 nitrogen and oxygen atoms in total. The van der Waals surface area contributed by atoms with Crippen molar-refractivity contribution in [1.29, 1.82) is 0 Å². The van der Waals surface area contributed by atoms with Crippen molar-refractivity contribution in [3.8, 4) is 11.5 Å². The number of nitrogens with one attached hydrogen (secondary N) is 2. The molecule has 0 aliphatic carbocycles. The number of anilines is 1. The zero-order valence-electron chi connectivity index (χ0n) is 20.4. The van der Waals surface area contributed by atoms with Gasteiger partial charge in [0.25, 0.3) is 11.8 Å². The standard InChI is InChI=1S/C28H30N2O6/c1-3-6-20-9-13-24(14-10-20)35-19-26(31)30-23-8-5-7-21(17-23)18-29-27(32)22-11-15-25(16-12-22)36-28(33)34-4-2/h5,7-17H,3-4,6,18-19H2,1-2H3,(H,29,32)(H,30,31). The predicted molar refractivity (Wildman–Crippen MR) is 136 cm³/mol. The number of aryl methyl sites for hydroxylation is 1. The smallest absolute Gasteiger partial charge is 0.484 e. The van der Waals surface area contributed by atoms with Gasteiger partial charge in [-0.15, -0.1) is 0 Å². The Labute approximate surface area is 210 Å². The van der Waals surface area contributed by atoms with E-state index in [1.807, 2.05) is 30.3 Å². The Balaban J connectivity index is 1.46. The summed E-state index contributed by atoms with van der Waals surface area (Å²) in [6, 6.07) is 21.1. The molecule has 0 unspecified atom stereocenters. The second kappa shape index (κ2) is 13.5. The zero-order valence-corrected chi connectivity index (χ0v) is 20.4. The van der Waals surface area contributed by atoms with Gasteiger partial charge < -0.3 is 24.8 Å². The summed E-state index contributed by atoms with van der Waals surface area (Å²) in [5, 5.41) is 5.63. The van der Waals surface area contributed by atoms with Gasteiger partial charge in [-0.05, 0) is 73.0 Å². The monoisotopic (exact) mass is 490 g/mol. The zero-order chi connectivity index (χ0) is 25.8. The molecule has 0 atom stereocenters. The summed E-state index contributed by atoms with van der Waals surface area (Å²) in [6.45, 7) is 4.18. The minimum Gasteiger partial charge on any atom is -0.484 e. The number of benzene rings is 3. The number of amides is 2. The van der Waals surface area contributed by atoms with Crippen LogP contribution in [0.2, 0.25) is 0 Å². The second-order valence-electron chi connectivity index (χ2n) is 7.92. The summed E-state index contributed by atoms with van der Waals surface area (Å²) in [7, 11) is 0.